The molecular formula is C19H21ClF4N4O. The fraction of sp³-hybridized carbons (Fsp3) is 0.474. The van der Waals surface area contributed by atoms with E-state index in [4.69, 9.17) is 0 Å². The van der Waals surface area contributed by atoms with Crippen LogP contribution in [0.4, 0.5) is 17.6 Å². The molecule has 0 saturated carbocycles. The molecule has 2 aliphatic heterocycles. The molecule has 0 radical (unpaired) electrons. The van der Waals surface area contributed by atoms with Gasteiger partial charge in [0.25, 0.3) is 5.91 Å². The molecule has 1 amide bonds. The van der Waals surface area contributed by atoms with Crippen LogP contribution >= 0.6 is 12.4 Å². The van der Waals surface area contributed by atoms with E-state index in [2.05, 4.69) is 15.5 Å². The maximum Gasteiger partial charge on any atom is 0.416 e. The average Bonchev–Trinajstić information content (AvgIpc) is 3.11. The van der Waals surface area contributed by atoms with Crippen molar-refractivity contribution in [1.82, 2.24) is 20.4 Å². The Kier molecular flexibility index (Phi) is 5.91. The summed E-state index contributed by atoms with van der Waals surface area (Å²) in [6, 6.07) is 4.75. The van der Waals surface area contributed by atoms with Gasteiger partial charge in [0, 0.05) is 62.3 Å². The molecule has 0 aliphatic carbocycles. The number of benzene rings is 1. The van der Waals surface area contributed by atoms with Crippen LogP contribution < -0.4 is 5.32 Å². The van der Waals surface area contributed by atoms with Gasteiger partial charge in [0.05, 0.1) is 5.56 Å². The Hall–Kier alpha value is -2.13. The third kappa shape index (κ3) is 3.98. The molecule has 1 fully saturated rings. The van der Waals surface area contributed by atoms with E-state index in [-0.39, 0.29) is 49.8 Å². The zero-order chi connectivity index (χ0) is 19.9. The first-order chi connectivity index (χ1) is 13.3. The molecule has 4 rings (SSSR count). The fourth-order valence-corrected chi connectivity index (χ4v) is 4.01. The van der Waals surface area contributed by atoms with Crippen molar-refractivity contribution < 1.29 is 22.4 Å². The molecule has 2 aliphatic rings. The van der Waals surface area contributed by atoms with Crippen molar-refractivity contribution in [2.24, 2.45) is 0 Å². The minimum atomic E-state index is -4.62. The standard InChI is InChI=1S/C19H20F4N4O.ClH/c20-18(13-3-1-2-4-14(13)19(21,22)23)6-9-27(10-7-18)17(28)16-12-11-24-8-5-15(12)25-26-16;/h1-4,24H,5-11H2,(H,25,26);1H. The number of carbonyl (C=O) groups excluding carboxylic acids is 1. The van der Waals surface area contributed by atoms with Gasteiger partial charge in [-0.3, -0.25) is 9.89 Å². The number of aromatic amines is 1. The van der Waals surface area contributed by atoms with E-state index < -0.39 is 17.4 Å². The lowest BCUT2D eigenvalue weighted by Crippen LogP contribution is -2.44. The molecule has 1 aromatic heterocycles. The molecule has 0 spiro atoms. The van der Waals surface area contributed by atoms with E-state index in [0.717, 1.165) is 30.3 Å². The van der Waals surface area contributed by atoms with Gasteiger partial charge >= 0.3 is 6.18 Å². The maximum absolute atomic E-state index is 15.5. The summed E-state index contributed by atoms with van der Waals surface area (Å²) in [5.41, 5.74) is -1.38. The molecule has 10 heteroatoms. The first-order valence-electron chi connectivity index (χ1n) is 9.21. The van der Waals surface area contributed by atoms with Gasteiger partial charge in [0.15, 0.2) is 5.69 Å². The monoisotopic (exact) mass is 432 g/mol. The van der Waals surface area contributed by atoms with E-state index in [1.165, 1.54) is 23.1 Å². The number of nitrogens with one attached hydrogen (secondary N) is 2. The van der Waals surface area contributed by atoms with Crippen molar-refractivity contribution in [2.75, 3.05) is 19.6 Å². The number of carbonyl (C=O) groups is 1. The van der Waals surface area contributed by atoms with Crippen molar-refractivity contribution >= 4 is 18.3 Å². The summed E-state index contributed by atoms with van der Waals surface area (Å²) in [5.74, 6) is -0.313. The van der Waals surface area contributed by atoms with Crippen LogP contribution in [0.5, 0.6) is 0 Å². The molecule has 1 aromatic carbocycles. The number of hydrogen-bond acceptors (Lipinski definition) is 3. The third-order valence-electron chi connectivity index (χ3n) is 5.57. The highest BCUT2D eigenvalue weighted by Crippen LogP contribution is 2.43. The second-order valence-corrected chi connectivity index (χ2v) is 7.26. The zero-order valence-corrected chi connectivity index (χ0v) is 16.3. The number of H-pyrrole nitrogens is 1. The Labute approximate surface area is 171 Å². The minimum Gasteiger partial charge on any atom is -0.337 e. The highest BCUT2D eigenvalue weighted by Gasteiger charge is 2.44. The van der Waals surface area contributed by atoms with Crippen molar-refractivity contribution in [1.29, 1.82) is 0 Å². The lowest BCUT2D eigenvalue weighted by atomic mass is 9.83. The molecule has 0 unspecified atom stereocenters. The number of nitrogens with zero attached hydrogens (tertiary/aromatic N) is 2. The van der Waals surface area contributed by atoms with Crippen molar-refractivity contribution in [2.45, 2.75) is 37.7 Å². The molecular weight excluding hydrogens is 412 g/mol. The highest BCUT2D eigenvalue weighted by atomic mass is 35.5. The summed E-state index contributed by atoms with van der Waals surface area (Å²) in [6.07, 6.45) is -4.24. The normalized spacial score (nSPS) is 18.7. The van der Waals surface area contributed by atoms with Crippen LogP contribution in [-0.4, -0.2) is 40.6 Å². The second kappa shape index (κ2) is 7.95. The number of piperidine rings is 1. The van der Waals surface area contributed by atoms with E-state index in [9.17, 15) is 18.0 Å². The van der Waals surface area contributed by atoms with Gasteiger partial charge < -0.3 is 10.2 Å². The van der Waals surface area contributed by atoms with E-state index >= 15 is 4.39 Å². The van der Waals surface area contributed by atoms with Crippen molar-refractivity contribution in [3.8, 4) is 0 Å². The Morgan fingerprint density at radius 3 is 2.55 bits per heavy atom. The first kappa shape index (κ1) is 21.6. The Morgan fingerprint density at radius 2 is 1.86 bits per heavy atom. The number of alkyl halides is 4. The number of likely N-dealkylation sites (tertiary alicyclic amines) is 1. The number of amides is 1. The summed E-state index contributed by atoms with van der Waals surface area (Å²) in [4.78, 5) is 14.3. The van der Waals surface area contributed by atoms with Crippen LogP contribution in [-0.2, 0) is 24.8 Å². The van der Waals surface area contributed by atoms with Gasteiger partial charge in [0.1, 0.15) is 5.67 Å². The van der Waals surface area contributed by atoms with Gasteiger partial charge in [-0.1, -0.05) is 18.2 Å². The van der Waals surface area contributed by atoms with Crippen LogP contribution in [0.2, 0.25) is 0 Å². The zero-order valence-electron chi connectivity index (χ0n) is 15.5. The topological polar surface area (TPSA) is 61.0 Å². The fourth-order valence-electron chi connectivity index (χ4n) is 4.01. The SMILES string of the molecule is Cl.O=C(c1n[nH]c2c1CNCC2)N1CCC(F)(c2ccccc2C(F)(F)F)CC1. The maximum atomic E-state index is 15.5. The minimum absolute atomic E-state index is 0. The number of halogens is 5. The first-order valence-corrected chi connectivity index (χ1v) is 9.21. The van der Waals surface area contributed by atoms with E-state index in [1.54, 1.807) is 0 Å². The summed E-state index contributed by atoms with van der Waals surface area (Å²) < 4.78 is 55.3. The van der Waals surface area contributed by atoms with Crippen LogP contribution in [0.1, 0.15) is 45.7 Å². The molecule has 2 aromatic rings. The highest BCUT2D eigenvalue weighted by molar-refractivity contribution is 5.94. The molecule has 0 atom stereocenters. The summed E-state index contributed by atoms with van der Waals surface area (Å²) in [6.45, 7) is 1.41. The van der Waals surface area contributed by atoms with Crippen LogP contribution in [0.3, 0.4) is 0 Å². The molecule has 2 N–H and O–H groups in total. The van der Waals surface area contributed by atoms with Crippen LogP contribution in [0, 0.1) is 0 Å². The van der Waals surface area contributed by atoms with Crippen LogP contribution in [0.25, 0.3) is 0 Å². The summed E-state index contributed by atoms with van der Waals surface area (Å²) in [7, 11) is 0. The number of rotatable bonds is 2. The van der Waals surface area contributed by atoms with Gasteiger partial charge in [-0.05, 0) is 6.07 Å². The quantitative estimate of drug-likeness (QED) is 0.713. The molecule has 1 saturated heterocycles. The number of fused-ring (bicyclic) bond motifs is 1. The van der Waals surface area contributed by atoms with E-state index in [1.807, 2.05) is 0 Å². The van der Waals surface area contributed by atoms with Crippen molar-refractivity contribution in [3.05, 3.63) is 52.3 Å². The predicted octanol–water partition coefficient (Wildman–Crippen LogP) is 3.60. The van der Waals surface area contributed by atoms with Gasteiger partial charge in [-0.2, -0.15) is 18.3 Å². The molecule has 3 heterocycles. The molecule has 29 heavy (non-hydrogen) atoms. The van der Waals surface area contributed by atoms with Gasteiger partial charge in [0.2, 0.25) is 0 Å². The third-order valence-corrected chi connectivity index (χ3v) is 5.57. The predicted molar refractivity (Wildman–Crippen MR) is 101 cm³/mol. The lowest BCUT2D eigenvalue weighted by Gasteiger charge is -2.37. The summed E-state index contributed by atoms with van der Waals surface area (Å²) >= 11 is 0. The van der Waals surface area contributed by atoms with Gasteiger partial charge in [-0.25, -0.2) is 4.39 Å². The Bertz CT molecular complexity index is 891. The Morgan fingerprint density at radius 1 is 1.17 bits per heavy atom. The van der Waals surface area contributed by atoms with Crippen LogP contribution in [0.15, 0.2) is 24.3 Å². The average molecular weight is 433 g/mol. The smallest absolute Gasteiger partial charge is 0.337 e. The number of hydrogen-bond donors (Lipinski definition) is 2. The van der Waals surface area contributed by atoms with Gasteiger partial charge in [-0.15, -0.1) is 12.4 Å². The largest absolute Gasteiger partial charge is 0.416 e. The number of aromatic nitrogens is 2. The van der Waals surface area contributed by atoms with E-state index in [0.29, 0.717) is 12.2 Å². The molecule has 0 bridgehead atoms. The Balaban J connectivity index is 0.00000240. The second-order valence-electron chi connectivity index (χ2n) is 7.26. The lowest BCUT2D eigenvalue weighted by molar-refractivity contribution is -0.140. The molecule has 158 valence electrons. The van der Waals surface area contributed by atoms with Crippen molar-refractivity contribution in [3.63, 3.8) is 0 Å². The summed E-state index contributed by atoms with van der Waals surface area (Å²) in [5, 5.41) is 10.2. The molecule has 5 nitrogen and oxygen atoms in total.